The Balaban J connectivity index is 1.52. The number of fused-ring (bicyclic) bond motifs is 1. The molecular weight excluding hydrogens is 365 g/mol. The van der Waals surface area contributed by atoms with E-state index >= 15 is 0 Å². The van der Waals surface area contributed by atoms with E-state index in [1.54, 1.807) is 36.4 Å². The summed E-state index contributed by atoms with van der Waals surface area (Å²) in [5.41, 5.74) is 4.64. The molecule has 3 aromatic carbocycles. The van der Waals surface area contributed by atoms with Gasteiger partial charge in [0.1, 0.15) is 30.1 Å². The molecule has 4 nitrogen and oxygen atoms in total. The van der Waals surface area contributed by atoms with Crippen molar-refractivity contribution in [3.05, 3.63) is 95.1 Å². The molecule has 1 N–H and O–H groups in total. The molecule has 0 aliphatic heterocycles. The number of aromatic amines is 1. The predicted octanol–water partition coefficient (Wildman–Crippen LogP) is 5.65. The molecule has 4 rings (SSSR count). The van der Waals surface area contributed by atoms with E-state index in [0.717, 1.165) is 22.2 Å². The van der Waals surface area contributed by atoms with Crippen molar-refractivity contribution in [3.63, 3.8) is 0 Å². The molecule has 0 amide bonds. The number of nitriles is 1. The number of benzene rings is 3. The van der Waals surface area contributed by atoms with Crippen LogP contribution in [0.2, 0.25) is 0 Å². The van der Waals surface area contributed by atoms with Gasteiger partial charge in [-0.1, -0.05) is 36.4 Å². The standard InChI is InChI=1S/C24H18FN3O/c1-16-6-11-22-23(12-16)28-24(27-22)19(14-26)13-17-7-9-20(10-8-17)29-15-18-4-2-3-5-21(18)25/h2-13H,15H2,1H3,(H,27,28)/b19-13-. The van der Waals surface area contributed by atoms with Crippen LogP contribution in [0.4, 0.5) is 4.39 Å². The van der Waals surface area contributed by atoms with E-state index < -0.39 is 0 Å². The van der Waals surface area contributed by atoms with Crippen LogP contribution >= 0.6 is 0 Å². The van der Waals surface area contributed by atoms with Crippen molar-refractivity contribution in [1.29, 1.82) is 5.26 Å². The molecule has 0 saturated heterocycles. The van der Waals surface area contributed by atoms with Crippen LogP contribution < -0.4 is 4.74 Å². The van der Waals surface area contributed by atoms with E-state index in [9.17, 15) is 9.65 Å². The van der Waals surface area contributed by atoms with Gasteiger partial charge in [0.05, 0.1) is 16.6 Å². The highest BCUT2D eigenvalue weighted by molar-refractivity contribution is 5.90. The van der Waals surface area contributed by atoms with E-state index in [0.29, 0.717) is 22.7 Å². The number of hydrogen-bond acceptors (Lipinski definition) is 3. The van der Waals surface area contributed by atoms with Crippen molar-refractivity contribution in [2.24, 2.45) is 0 Å². The second kappa shape index (κ2) is 7.99. The maximum atomic E-state index is 13.7. The highest BCUT2D eigenvalue weighted by Gasteiger charge is 2.08. The van der Waals surface area contributed by atoms with Crippen molar-refractivity contribution in [2.45, 2.75) is 13.5 Å². The zero-order valence-electron chi connectivity index (χ0n) is 15.8. The number of aryl methyl sites for hydroxylation is 1. The highest BCUT2D eigenvalue weighted by atomic mass is 19.1. The molecule has 0 aliphatic carbocycles. The Kier molecular flexibility index (Phi) is 5.08. The first kappa shape index (κ1) is 18.5. The van der Waals surface area contributed by atoms with Crippen molar-refractivity contribution >= 4 is 22.7 Å². The number of aromatic nitrogens is 2. The first-order chi connectivity index (χ1) is 14.1. The highest BCUT2D eigenvalue weighted by Crippen LogP contribution is 2.22. The van der Waals surface area contributed by atoms with Crippen molar-refractivity contribution in [1.82, 2.24) is 9.97 Å². The average Bonchev–Trinajstić information content (AvgIpc) is 3.15. The van der Waals surface area contributed by atoms with Gasteiger partial charge in [-0.2, -0.15) is 5.26 Å². The lowest BCUT2D eigenvalue weighted by molar-refractivity contribution is 0.300. The Labute approximate surface area is 167 Å². The number of rotatable bonds is 5. The lowest BCUT2D eigenvalue weighted by Gasteiger charge is -2.07. The van der Waals surface area contributed by atoms with Gasteiger partial charge in [0, 0.05) is 5.56 Å². The second-order valence-corrected chi connectivity index (χ2v) is 6.72. The molecule has 1 heterocycles. The largest absolute Gasteiger partial charge is 0.489 e. The number of nitrogens with zero attached hydrogens (tertiary/aromatic N) is 2. The molecule has 0 atom stereocenters. The summed E-state index contributed by atoms with van der Waals surface area (Å²) in [6, 6.07) is 21.9. The Morgan fingerprint density at radius 2 is 1.93 bits per heavy atom. The monoisotopic (exact) mass is 383 g/mol. The van der Waals surface area contributed by atoms with Gasteiger partial charge in [-0.05, 0) is 54.5 Å². The van der Waals surface area contributed by atoms with E-state index in [4.69, 9.17) is 4.74 Å². The zero-order chi connectivity index (χ0) is 20.2. The van der Waals surface area contributed by atoms with Crippen LogP contribution in [0.1, 0.15) is 22.5 Å². The smallest absolute Gasteiger partial charge is 0.149 e. The summed E-state index contributed by atoms with van der Waals surface area (Å²) in [5, 5.41) is 9.57. The van der Waals surface area contributed by atoms with Gasteiger partial charge < -0.3 is 9.72 Å². The number of imidazole rings is 1. The van der Waals surface area contributed by atoms with Gasteiger partial charge >= 0.3 is 0 Å². The maximum Gasteiger partial charge on any atom is 0.149 e. The third-order valence-electron chi connectivity index (χ3n) is 4.56. The van der Waals surface area contributed by atoms with Crippen molar-refractivity contribution < 1.29 is 9.13 Å². The Bertz CT molecular complexity index is 1230. The third-order valence-corrected chi connectivity index (χ3v) is 4.56. The fraction of sp³-hybridized carbons (Fsp3) is 0.0833. The Morgan fingerprint density at radius 3 is 2.69 bits per heavy atom. The van der Waals surface area contributed by atoms with Crippen molar-refractivity contribution in [3.8, 4) is 11.8 Å². The first-order valence-electron chi connectivity index (χ1n) is 9.17. The number of ether oxygens (including phenoxy) is 1. The normalized spacial score (nSPS) is 11.4. The SMILES string of the molecule is Cc1ccc2nc(/C(C#N)=C\c3ccc(OCc4ccccc4F)cc3)[nH]c2c1. The second-order valence-electron chi connectivity index (χ2n) is 6.72. The van der Waals surface area contributed by atoms with Crippen LogP contribution in [-0.4, -0.2) is 9.97 Å². The lowest BCUT2D eigenvalue weighted by atomic mass is 10.1. The molecule has 0 unspecified atom stereocenters. The molecule has 142 valence electrons. The summed E-state index contributed by atoms with van der Waals surface area (Å²) in [5.74, 6) is 0.878. The minimum absolute atomic E-state index is 0.156. The zero-order valence-corrected chi connectivity index (χ0v) is 15.8. The average molecular weight is 383 g/mol. The van der Waals surface area contributed by atoms with Crippen LogP contribution in [0, 0.1) is 24.1 Å². The summed E-state index contributed by atoms with van der Waals surface area (Å²) in [7, 11) is 0. The summed E-state index contributed by atoms with van der Waals surface area (Å²) in [6.45, 7) is 2.17. The lowest BCUT2D eigenvalue weighted by Crippen LogP contribution is -1.98. The van der Waals surface area contributed by atoms with Crippen LogP contribution in [0.3, 0.4) is 0 Å². The molecule has 0 spiro atoms. The van der Waals surface area contributed by atoms with E-state index in [2.05, 4.69) is 16.0 Å². The molecule has 4 aromatic rings. The van der Waals surface area contributed by atoms with E-state index in [1.165, 1.54) is 6.07 Å². The van der Waals surface area contributed by atoms with Crippen LogP contribution in [0.5, 0.6) is 5.75 Å². The molecule has 0 aliphatic rings. The van der Waals surface area contributed by atoms with E-state index in [1.807, 2.05) is 37.3 Å². The van der Waals surface area contributed by atoms with Gasteiger partial charge in [0.15, 0.2) is 0 Å². The summed E-state index contributed by atoms with van der Waals surface area (Å²) >= 11 is 0. The Morgan fingerprint density at radius 1 is 1.14 bits per heavy atom. The molecule has 0 bridgehead atoms. The van der Waals surface area contributed by atoms with Gasteiger partial charge in [-0.25, -0.2) is 9.37 Å². The molecule has 29 heavy (non-hydrogen) atoms. The van der Waals surface area contributed by atoms with E-state index in [-0.39, 0.29) is 12.4 Å². The minimum Gasteiger partial charge on any atom is -0.489 e. The number of hydrogen-bond donors (Lipinski definition) is 1. The van der Waals surface area contributed by atoms with Crippen LogP contribution in [0.15, 0.2) is 66.7 Å². The van der Waals surface area contributed by atoms with Gasteiger partial charge in [0.25, 0.3) is 0 Å². The number of nitrogens with one attached hydrogen (secondary N) is 1. The minimum atomic E-state index is -0.285. The van der Waals surface area contributed by atoms with Gasteiger partial charge in [-0.15, -0.1) is 0 Å². The van der Waals surface area contributed by atoms with Crippen LogP contribution in [-0.2, 0) is 6.61 Å². The van der Waals surface area contributed by atoms with Crippen molar-refractivity contribution in [2.75, 3.05) is 0 Å². The number of halogens is 1. The van der Waals surface area contributed by atoms with Gasteiger partial charge in [0.2, 0.25) is 0 Å². The van der Waals surface area contributed by atoms with Crippen LogP contribution in [0.25, 0.3) is 22.7 Å². The quantitative estimate of drug-likeness (QED) is 0.453. The molecular formula is C24H18FN3O. The molecule has 0 radical (unpaired) electrons. The Hall–Kier alpha value is -3.91. The molecule has 1 aromatic heterocycles. The fourth-order valence-corrected chi connectivity index (χ4v) is 3.01. The fourth-order valence-electron chi connectivity index (χ4n) is 3.01. The van der Waals surface area contributed by atoms with Gasteiger partial charge in [-0.3, -0.25) is 0 Å². The summed E-state index contributed by atoms with van der Waals surface area (Å²) < 4.78 is 19.3. The summed E-state index contributed by atoms with van der Waals surface area (Å²) in [4.78, 5) is 7.70. The number of H-pyrrole nitrogens is 1. The summed E-state index contributed by atoms with van der Waals surface area (Å²) in [6.07, 6.45) is 1.77. The number of allylic oxidation sites excluding steroid dienone is 1. The molecule has 5 heteroatoms. The maximum absolute atomic E-state index is 13.7. The topological polar surface area (TPSA) is 61.7 Å². The predicted molar refractivity (Wildman–Crippen MR) is 111 cm³/mol. The molecule has 0 fully saturated rings. The molecule has 0 saturated carbocycles. The first-order valence-corrected chi connectivity index (χ1v) is 9.17. The third kappa shape index (κ3) is 4.17.